The Balaban J connectivity index is 1.45. The fourth-order valence-corrected chi connectivity index (χ4v) is 3.14. The number of benzene rings is 1. The number of nitrogens with zero attached hydrogens (tertiary/aromatic N) is 3. The van der Waals surface area contributed by atoms with Crippen LogP contribution in [-0.4, -0.2) is 75.2 Å². The van der Waals surface area contributed by atoms with E-state index in [-0.39, 0.29) is 5.91 Å². The van der Waals surface area contributed by atoms with Gasteiger partial charge in [0.05, 0.1) is 12.9 Å². The minimum absolute atomic E-state index is 0.0644. The van der Waals surface area contributed by atoms with Crippen molar-refractivity contribution in [3.8, 4) is 5.75 Å². The lowest BCUT2D eigenvalue weighted by atomic mass is 10.2. The molecule has 0 radical (unpaired) electrons. The fourth-order valence-electron chi connectivity index (χ4n) is 3.14. The summed E-state index contributed by atoms with van der Waals surface area (Å²) < 4.78 is 15.8. The number of amides is 1. The number of piperazine rings is 1. The molecule has 1 aliphatic heterocycles. The summed E-state index contributed by atoms with van der Waals surface area (Å²) in [4.78, 5) is 20.7. The van der Waals surface area contributed by atoms with Crippen LogP contribution in [0.25, 0.3) is 0 Å². The summed E-state index contributed by atoms with van der Waals surface area (Å²) in [6, 6.07) is 11.4. The lowest BCUT2D eigenvalue weighted by Crippen LogP contribution is -2.53. The van der Waals surface area contributed by atoms with E-state index >= 15 is 0 Å². The van der Waals surface area contributed by atoms with Crippen LogP contribution in [0.4, 0.5) is 0 Å². The number of carbonyl (C=O) groups excluding carboxylic acids is 1. The molecule has 156 valence electrons. The molecule has 0 spiro atoms. The quantitative estimate of drug-likeness (QED) is 0.434. The van der Waals surface area contributed by atoms with Gasteiger partial charge < -0.3 is 29.0 Å². The Labute approximate surface area is 171 Å². The highest BCUT2D eigenvalue weighted by Crippen LogP contribution is 2.13. The summed E-state index contributed by atoms with van der Waals surface area (Å²) in [5, 5.41) is 3.39. The molecule has 29 heavy (non-hydrogen) atoms. The van der Waals surface area contributed by atoms with Crippen LogP contribution in [0.3, 0.4) is 0 Å². The Kier molecular flexibility index (Phi) is 7.52. The van der Waals surface area contributed by atoms with Crippen LogP contribution in [0.2, 0.25) is 0 Å². The number of furan rings is 1. The van der Waals surface area contributed by atoms with Crippen molar-refractivity contribution in [2.75, 3.05) is 53.6 Å². The maximum absolute atomic E-state index is 12.4. The zero-order valence-corrected chi connectivity index (χ0v) is 17.0. The molecule has 8 nitrogen and oxygen atoms in total. The minimum Gasteiger partial charge on any atom is -0.491 e. The Morgan fingerprint density at radius 2 is 1.83 bits per heavy atom. The van der Waals surface area contributed by atoms with Gasteiger partial charge in [-0.1, -0.05) is 12.1 Å². The van der Waals surface area contributed by atoms with Crippen molar-refractivity contribution in [2.24, 2.45) is 4.99 Å². The van der Waals surface area contributed by atoms with Gasteiger partial charge in [-0.2, -0.15) is 0 Å². The average Bonchev–Trinajstić information content (AvgIpc) is 3.30. The molecule has 2 aromatic rings. The van der Waals surface area contributed by atoms with Crippen LogP contribution in [0.1, 0.15) is 16.1 Å². The monoisotopic (exact) mass is 400 g/mol. The third-order valence-corrected chi connectivity index (χ3v) is 4.74. The molecule has 1 N–H and O–H groups in total. The van der Waals surface area contributed by atoms with E-state index in [1.807, 2.05) is 29.2 Å². The molecule has 1 saturated heterocycles. The van der Waals surface area contributed by atoms with Gasteiger partial charge in [0.2, 0.25) is 0 Å². The Hall–Kier alpha value is -3.00. The molecule has 8 heteroatoms. The van der Waals surface area contributed by atoms with Crippen LogP contribution >= 0.6 is 0 Å². The largest absolute Gasteiger partial charge is 0.491 e. The number of hydrogen-bond donors (Lipinski definition) is 1. The summed E-state index contributed by atoms with van der Waals surface area (Å²) in [7, 11) is 3.43. The van der Waals surface area contributed by atoms with Crippen molar-refractivity contribution < 1.29 is 18.7 Å². The molecular weight excluding hydrogens is 372 g/mol. The number of hydrogen-bond acceptors (Lipinski definition) is 5. The first-order chi connectivity index (χ1) is 14.2. The van der Waals surface area contributed by atoms with Crippen molar-refractivity contribution in [1.82, 2.24) is 15.1 Å². The van der Waals surface area contributed by atoms with Gasteiger partial charge in [-0.3, -0.25) is 9.79 Å². The number of ether oxygens (including phenoxy) is 2. The number of methoxy groups -OCH3 is 1. The smallest absolute Gasteiger partial charge is 0.289 e. The van der Waals surface area contributed by atoms with Crippen molar-refractivity contribution >= 4 is 11.9 Å². The Morgan fingerprint density at radius 3 is 2.45 bits per heavy atom. The summed E-state index contributed by atoms with van der Waals surface area (Å²) in [5.41, 5.74) is 1.14. The van der Waals surface area contributed by atoms with E-state index in [0.717, 1.165) is 30.4 Å². The summed E-state index contributed by atoms with van der Waals surface area (Å²) in [6.45, 7) is 4.48. The molecule has 0 unspecified atom stereocenters. The first-order valence-corrected chi connectivity index (χ1v) is 9.70. The SMILES string of the molecule is CN=C(NCc1ccc(OCCOC)cc1)N1CCN(C(=O)c2ccco2)CC1. The molecule has 1 amide bonds. The van der Waals surface area contributed by atoms with Crippen molar-refractivity contribution in [3.05, 3.63) is 54.0 Å². The summed E-state index contributed by atoms with van der Waals surface area (Å²) in [6.07, 6.45) is 1.52. The predicted molar refractivity (Wildman–Crippen MR) is 110 cm³/mol. The Morgan fingerprint density at radius 1 is 1.10 bits per heavy atom. The summed E-state index contributed by atoms with van der Waals surface area (Å²) >= 11 is 0. The molecule has 1 aromatic carbocycles. The van der Waals surface area contributed by atoms with E-state index in [9.17, 15) is 4.79 Å². The highest BCUT2D eigenvalue weighted by Gasteiger charge is 2.25. The van der Waals surface area contributed by atoms with Crippen LogP contribution in [0, 0.1) is 0 Å². The molecule has 0 bridgehead atoms. The van der Waals surface area contributed by atoms with Gasteiger partial charge in [-0.05, 0) is 29.8 Å². The zero-order valence-electron chi connectivity index (χ0n) is 17.0. The van der Waals surface area contributed by atoms with Gasteiger partial charge in [0.1, 0.15) is 12.4 Å². The number of nitrogens with one attached hydrogen (secondary N) is 1. The van der Waals surface area contributed by atoms with Gasteiger partial charge >= 0.3 is 0 Å². The van der Waals surface area contributed by atoms with Gasteiger partial charge in [-0.25, -0.2) is 0 Å². The molecular formula is C21H28N4O4. The fraction of sp³-hybridized carbons (Fsp3) is 0.429. The van der Waals surface area contributed by atoms with E-state index < -0.39 is 0 Å². The van der Waals surface area contributed by atoms with E-state index in [0.29, 0.717) is 38.6 Å². The van der Waals surface area contributed by atoms with Crippen LogP contribution in [0.5, 0.6) is 5.75 Å². The lowest BCUT2D eigenvalue weighted by Gasteiger charge is -2.36. The molecule has 2 heterocycles. The number of aliphatic imine (C=N–C) groups is 1. The highest BCUT2D eigenvalue weighted by atomic mass is 16.5. The third kappa shape index (κ3) is 5.74. The molecule has 3 rings (SSSR count). The lowest BCUT2D eigenvalue weighted by molar-refractivity contribution is 0.0657. The van der Waals surface area contributed by atoms with Crippen LogP contribution < -0.4 is 10.1 Å². The van der Waals surface area contributed by atoms with Crippen molar-refractivity contribution in [3.63, 3.8) is 0 Å². The molecule has 0 atom stereocenters. The molecule has 1 aromatic heterocycles. The van der Waals surface area contributed by atoms with E-state index in [1.165, 1.54) is 6.26 Å². The molecule has 0 saturated carbocycles. The number of rotatable bonds is 7. The molecule has 0 aliphatic carbocycles. The van der Waals surface area contributed by atoms with E-state index in [1.54, 1.807) is 26.3 Å². The van der Waals surface area contributed by atoms with Crippen LogP contribution in [0.15, 0.2) is 52.1 Å². The first-order valence-electron chi connectivity index (χ1n) is 9.70. The summed E-state index contributed by atoms with van der Waals surface area (Å²) in [5.74, 6) is 1.98. The van der Waals surface area contributed by atoms with Gasteiger partial charge in [0.25, 0.3) is 5.91 Å². The number of guanidine groups is 1. The molecule has 1 aliphatic rings. The molecule has 1 fully saturated rings. The topological polar surface area (TPSA) is 79.5 Å². The average molecular weight is 400 g/mol. The normalized spacial score (nSPS) is 14.8. The second kappa shape index (κ2) is 10.5. The second-order valence-electron chi connectivity index (χ2n) is 6.64. The minimum atomic E-state index is -0.0644. The standard InChI is InChI=1S/C21H28N4O4/c1-22-21(23-16-17-5-7-18(8-6-17)28-15-14-27-2)25-11-9-24(10-12-25)20(26)19-4-3-13-29-19/h3-8,13H,9-12,14-16H2,1-2H3,(H,22,23). The maximum Gasteiger partial charge on any atom is 0.289 e. The third-order valence-electron chi connectivity index (χ3n) is 4.74. The van der Waals surface area contributed by atoms with Gasteiger partial charge in [-0.15, -0.1) is 0 Å². The van der Waals surface area contributed by atoms with Crippen molar-refractivity contribution in [1.29, 1.82) is 0 Å². The van der Waals surface area contributed by atoms with Gasteiger partial charge in [0, 0.05) is 46.9 Å². The highest BCUT2D eigenvalue weighted by molar-refractivity contribution is 5.91. The zero-order chi connectivity index (χ0) is 20.5. The second-order valence-corrected chi connectivity index (χ2v) is 6.64. The van der Waals surface area contributed by atoms with Crippen molar-refractivity contribution in [2.45, 2.75) is 6.54 Å². The first kappa shape index (κ1) is 20.7. The maximum atomic E-state index is 12.4. The predicted octanol–water partition coefficient (Wildman–Crippen LogP) is 1.84. The van der Waals surface area contributed by atoms with Gasteiger partial charge in [0.15, 0.2) is 11.7 Å². The van der Waals surface area contributed by atoms with Crippen LogP contribution in [-0.2, 0) is 11.3 Å². The number of carbonyl (C=O) groups is 1. The van der Waals surface area contributed by atoms with E-state index in [4.69, 9.17) is 13.9 Å². The Bertz CT molecular complexity index is 782. The van der Waals surface area contributed by atoms with E-state index in [2.05, 4.69) is 15.2 Å².